The van der Waals surface area contributed by atoms with Crippen molar-refractivity contribution in [3.8, 4) is 5.75 Å². The highest BCUT2D eigenvalue weighted by Crippen LogP contribution is 2.29. The van der Waals surface area contributed by atoms with E-state index in [4.69, 9.17) is 10.5 Å². The van der Waals surface area contributed by atoms with E-state index >= 15 is 0 Å². The Morgan fingerprint density at radius 2 is 1.63 bits per heavy atom. The molecule has 0 atom stereocenters. The minimum Gasteiger partial charge on any atom is -0.494 e. The van der Waals surface area contributed by atoms with Crippen LogP contribution in [0.4, 0.5) is 11.4 Å². The van der Waals surface area contributed by atoms with E-state index in [1.165, 1.54) is 7.11 Å². The average Bonchev–Trinajstić information content (AvgIpc) is 2.84. The van der Waals surface area contributed by atoms with E-state index in [1.807, 2.05) is 18.2 Å². The van der Waals surface area contributed by atoms with Crippen LogP contribution in [0.3, 0.4) is 0 Å². The fourth-order valence-corrected chi connectivity index (χ4v) is 3.44. The van der Waals surface area contributed by atoms with Crippen LogP contribution in [0.15, 0.2) is 79.1 Å². The maximum absolute atomic E-state index is 12.7. The van der Waals surface area contributed by atoms with Crippen LogP contribution in [0.25, 0.3) is 0 Å². The molecular weight excluding hydrogens is 440 g/mol. The van der Waals surface area contributed by atoms with E-state index in [-0.39, 0.29) is 17.2 Å². The molecule has 2 amide bonds. The van der Waals surface area contributed by atoms with Crippen molar-refractivity contribution in [2.24, 2.45) is 5.73 Å². The fraction of sp³-hybridized carbons (Fsp3) is 0.214. The topological polar surface area (TPSA) is 105 Å². The van der Waals surface area contributed by atoms with E-state index in [0.717, 1.165) is 11.1 Å². The first kappa shape index (κ1) is 25.5. The molecule has 0 aliphatic heterocycles. The van der Waals surface area contributed by atoms with Gasteiger partial charge in [0, 0.05) is 29.4 Å². The molecule has 0 fully saturated rings. The molecule has 0 spiro atoms. The van der Waals surface area contributed by atoms with Gasteiger partial charge in [-0.05, 0) is 52.9 Å². The molecule has 0 aromatic heterocycles. The van der Waals surface area contributed by atoms with Crippen LogP contribution in [0.5, 0.6) is 5.75 Å². The van der Waals surface area contributed by atoms with Gasteiger partial charge in [-0.25, -0.2) is 0 Å². The van der Waals surface area contributed by atoms with Crippen molar-refractivity contribution in [2.75, 3.05) is 17.7 Å². The minimum atomic E-state index is -0.270. The molecule has 0 heterocycles. The lowest BCUT2D eigenvalue weighted by Gasteiger charge is -2.19. The lowest BCUT2D eigenvalue weighted by molar-refractivity contribution is 0.0965. The van der Waals surface area contributed by atoms with Gasteiger partial charge in [0.25, 0.3) is 11.8 Å². The molecule has 7 nitrogen and oxygen atoms in total. The Hall–Kier alpha value is -4.10. The van der Waals surface area contributed by atoms with Gasteiger partial charge in [-0.15, -0.1) is 0 Å². The average molecular weight is 473 g/mol. The van der Waals surface area contributed by atoms with Crippen molar-refractivity contribution < 1.29 is 14.3 Å². The van der Waals surface area contributed by atoms with Crippen molar-refractivity contribution in [1.29, 1.82) is 0 Å². The van der Waals surface area contributed by atoms with E-state index in [1.54, 1.807) is 48.5 Å². The van der Waals surface area contributed by atoms with E-state index < -0.39 is 0 Å². The van der Waals surface area contributed by atoms with Crippen molar-refractivity contribution in [2.45, 2.75) is 32.7 Å². The van der Waals surface area contributed by atoms with Crippen molar-refractivity contribution in [3.63, 3.8) is 0 Å². The third-order valence-electron chi connectivity index (χ3n) is 5.45. The number of carbonyl (C=O) groups is 2. The predicted octanol–water partition coefficient (Wildman–Crippen LogP) is 5.02. The summed E-state index contributed by atoms with van der Waals surface area (Å²) in [4.78, 5) is 25.3. The summed E-state index contributed by atoms with van der Waals surface area (Å²) in [5.74, 6) is 0.231. The summed E-state index contributed by atoms with van der Waals surface area (Å²) >= 11 is 0. The largest absolute Gasteiger partial charge is 0.494 e. The summed E-state index contributed by atoms with van der Waals surface area (Å²) in [6, 6.07) is 19.8. The molecule has 182 valence electrons. The third-order valence-corrected chi connectivity index (χ3v) is 5.45. The van der Waals surface area contributed by atoms with Crippen LogP contribution in [-0.2, 0) is 12.0 Å². The Labute approximate surface area is 206 Å². The molecule has 35 heavy (non-hydrogen) atoms. The summed E-state index contributed by atoms with van der Waals surface area (Å²) in [6.07, 6.45) is 0. The molecule has 0 bridgehead atoms. The number of ether oxygens (including phenoxy) is 1. The van der Waals surface area contributed by atoms with Gasteiger partial charge >= 0.3 is 0 Å². The Balaban J connectivity index is 1.64. The number of nitrogens with two attached hydrogens (primary N) is 1. The third kappa shape index (κ3) is 6.71. The molecule has 0 aliphatic rings. The second-order valence-corrected chi connectivity index (χ2v) is 9.16. The monoisotopic (exact) mass is 472 g/mol. The number of carbonyl (C=O) groups excluding carboxylic acids is 2. The highest BCUT2D eigenvalue weighted by molar-refractivity contribution is 6.05. The number of hydrogen-bond donors (Lipinski definition) is 4. The molecule has 3 aromatic carbocycles. The summed E-state index contributed by atoms with van der Waals surface area (Å²) in [5.41, 5.74) is 9.89. The summed E-state index contributed by atoms with van der Waals surface area (Å²) in [5, 5.41) is 8.66. The summed E-state index contributed by atoms with van der Waals surface area (Å²) < 4.78 is 5.45. The fourth-order valence-electron chi connectivity index (χ4n) is 3.44. The van der Waals surface area contributed by atoms with Gasteiger partial charge in [-0.1, -0.05) is 51.6 Å². The Bertz CT molecular complexity index is 1230. The Morgan fingerprint density at radius 3 is 2.26 bits per heavy atom. The lowest BCUT2D eigenvalue weighted by Crippen LogP contribution is -2.26. The molecule has 0 saturated carbocycles. The standard InChI is InChI=1S/C28H32N4O3/c1-18(31-26(33)20-9-11-22(12-10-20)28(2,3)4)30-23-13-14-24(25(16-23)35-5)32-27(34)21-8-6-7-19(15-21)17-29/h6-16,30H,1,17,29H2,2-5H3,(H,31,33)(H,32,34). The minimum absolute atomic E-state index is 0.0132. The maximum Gasteiger partial charge on any atom is 0.256 e. The first-order valence-electron chi connectivity index (χ1n) is 11.3. The van der Waals surface area contributed by atoms with Gasteiger partial charge in [-0.2, -0.15) is 0 Å². The van der Waals surface area contributed by atoms with Crippen LogP contribution >= 0.6 is 0 Å². The normalized spacial score (nSPS) is 10.9. The number of nitrogens with one attached hydrogen (secondary N) is 3. The quantitative estimate of drug-likeness (QED) is 0.369. The summed E-state index contributed by atoms with van der Waals surface area (Å²) in [6.45, 7) is 10.6. The molecule has 0 aliphatic carbocycles. The van der Waals surface area contributed by atoms with Crippen LogP contribution in [-0.4, -0.2) is 18.9 Å². The number of rotatable bonds is 8. The van der Waals surface area contributed by atoms with E-state index in [0.29, 0.717) is 40.6 Å². The molecular formula is C28H32N4O3. The van der Waals surface area contributed by atoms with Gasteiger partial charge < -0.3 is 26.4 Å². The predicted molar refractivity (Wildman–Crippen MR) is 141 cm³/mol. The molecule has 3 aromatic rings. The number of benzene rings is 3. The molecule has 5 N–H and O–H groups in total. The SMILES string of the molecule is C=C(NC(=O)c1ccc(C(C)(C)C)cc1)Nc1ccc(NC(=O)c2cccc(CN)c2)c(OC)c1. The van der Waals surface area contributed by atoms with E-state index in [2.05, 4.69) is 43.3 Å². The molecule has 0 saturated heterocycles. The Morgan fingerprint density at radius 1 is 0.914 bits per heavy atom. The lowest BCUT2D eigenvalue weighted by atomic mass is 9.87. The zero-order valence-electron chi connectivity index (χ0n) is 20.6. The highest BCUT2D eigenvalue weighted by atomic mass is 16.5. The molecule has 0 unspecified atom stereocenters. The molecule has 3 rings (SSSR count). The first-order valence-corrected chi connectivity index (χ1v) is 11.3. The second kappa shape index (κ2) is 10.9. The van der Waals surface area contributed by atoms with Gasteiger partial charge in [0.15, 0.2) is 0 Å². The van der Waals surface area contributed by atoms with Crippen LogP contribution in [0.1, 0.15) is 52.6 Å². The summed E-state index contributed by atoms with van der Waals surface area (Å²) in [7, 11) is 1.52. The van der Waals surface area contributed by atoms with Crippen molar-refractivity contribution >= 4 is 23.2 Å². The number of anilines is 2. The number of methoxy groups -OCH3 is 1. The molecule has 7 heteroatoms. The zero-order valence-corrected chi connectivity index (χ0v) is 20.6. The maximum atomic E-state index is 12.7. The first-order chi connectivity index (χ1) is 16.6. The second-order valence-electron chi connectivity index (χ2n) is 9.16. The van der Waals surface area contributed by atoms with Crippen LogP contribution < -0.4 is 26.4 Å². The number of hydrogen-bond acceptors (Lipinski definition) is 5. The Kier molecular flexibility index (Phi) is 7.94. The number of amides is 2. The molecule has 0 radical (unpaired) electrons. The van der Waals surface area contributed by atoms with Gasteiger partial charge in [0.1, 0.15) is 11.6 Å². The zero-order chi connectivity index (χ0) is 25.6. The van der Waals surface area contributed by atoms with Crippen molar-refractivity contribution in [3.05, 3.63) is 101 Å². The van der Waals surface area contributed by atoms with Gasteiger partial charge in [0.2, 0.25) is 0 Å². The van der Waals surface area contributed by atoms with Crippen molar-refractivity contribution in [1.82, 2.24) is 5.32 Å². The van der Waals surface area contributed by atoms with Crippen LogP contribution in [0, 0.1) is 0 Å². The van der Waals surface area contributed by atoms with Gasteiger partial charge in [0.05, 0.1) is 12.8 Å². The highest BCUT2D eigenvalue weighted by Gasteiger charge is 2.15. The van der Waals surface area contributed by atoms with Crippen LogP contribution in [0.2, 0.25) is 0 Å². The van der Waals surface area contributed by atoms with E-state index in [9.17, 15) is 9.59 Å². The smallest absolute Gasteiger partial charge is 0.256 e. The van der Waals surface area contributed by atoms with Gasteiger partial charge in [-0.3, -0.25) is 9.59 Å².